The van der Waals surface area contributed by atoms with Crippen LogP contribution < -0.4 is 5.32 Å². The zero-order valence-electron chi connectivity index (χ0n) is 13.3. The molecule has 0 unspecified atom stereocenters. The van der Waals surface area contributed by atoms with Gasteiger partial charge in [-0.3, -0.25) is 9.88 Å². The summed E-state index contributed by atoms with van der Waals surface area (Å²) in [5.74, 6) is -0.312. The third kappa shape index (κ3) is 4.50. The van der Waals surface area contributed by atoms with Gasteiger partial charge in [-0.2, -0.15) is 0 Å². The van der Waals surface area contributed by atoms with E-state index in [1.54, 1.807) is 6.07 Å². The maximum absolute atomic E-state index is 13.0. The van der Waals surface area contributed by atoms with Gasteiger partial charge in [0.05, 0.1) is 31.1 Å². The van der Waals surface area contributed by atoms with Crippen molar-refractivity contribution in [2.45, 2.75) is 19.5 Å². The zero-order chi connectivity index (χ0) is 16.1. The number of hydrogen-bond donors (Lipinski definition) is 1. The second-order valence-corrected chi connectivity index (χ2v) is 5.86. The summed E-state index contributed by atoms with van der Waals surface area (Å²) in [6, 6.07) is 11.6. The van der Waals surface area contributed by atoms with Gasteiger partial charge in [0.1, 0.15) is 5.82 Å². The number of hydrogen-bond acceptors (Lipinski definition) is 4. The fraction of sp³-hybridized carbons (Fsp3) is 0.389. The van der Waals surface area contributed by atoms with Gasteiger partial charge < -0.3 is 10.1 Å². The predicted molar refractivity (Wildman–Crippen MR) is 88.8 cm³/mol. The van der Waals surface area contributed by atoms with Gasteiger partial charge in [0.25, 0.3) is 0 Å². The maximum atomic E-state index is 13.0. The maximum Gasteiger partial charge on any atom is 0.141 e. The van der Waals surface area contributed by atoms with Gasteiger partial charge in [0.15, 0.2) is 0 Å². The number of halogens is 1. The molecule has 2 heterocycles. The van der Waals surface area contributed by atoms with Crippen molar-refractivity contribution in [3.05, 3.63) is 59.7 Å². The number of nitrogens with zero attached hydrogens (tertiary/aromatic N) is 2. The molecule has 0 bridgehead atoms. The quantitative estimate of drug-likeness (QED) is 0.919. The molecule has 4 nitrogen and oxygen atoms in total. The first-order valence-electron chi connectivity index (χ1n) is 7.98. The van der Waals surface area contributed by atoms with Gasteiger partial charge >= 0.3 is 0 Å². The summed E-state index contributed by atoms with van der Waals surface area (Å²) in [6.45, 7) is 6.54. The molecule has 23 heavy (non-hydrogen) atoms. The molecule has 0 saturated carbocycles. The van der Waals surface area contributed by atoms with Crippen LogP contribution in [0.5, 0.6) is 0 Å². The molecule has 1 aromatic carbocycles. The van der Waals surface area contributed by atoms with E-state index >= 15 is 0 Å². The van der Waals surface area contributed by atoms with Crippen LogP contribution in [0.3, 0.4) is 0 Å². The SMILES string of the molecule is C[C@@H](Nc1cccc(CN2CCOCC2)c1)c1ccc(F)cn1. The molecule has 0 spiro atoms. The summed E-state index contributed by atoms with van der Waals surface area (Å²) in [4.78, 5) is 6.53. The molecule has 1 atom stereocenters. The molecule has 1 aliphatic rings. The Kier molecular flexibility index (Phi) is 5.20. The number of aromatic nitrogens is 1. The topological polar surface area (TPSA) is 37.4 Å². The van der Waals surface area contributed by atoms with Crippen LogP contribution in [0.15, 0.2) is 42.6 Å². The molecule has 1 aliphatic heterocycles. The number of pyridine rings is 1. The van der Waals surface area contributed by atoms with E-state index in [1.807, 2.05) is 13.0 Å². The summed E-state index contributed by atoms with van der Waals surface area (Å²) in [5, 5.41) is 3.43. The van der Waals surface area contributed by atoms with Crippen LogP contribution in [-0.4, -0.2) is 36.2 Å². The van der Waals surface area contributed by atoms with E-state index in [9.17, 15) is 4.39 Å². The van der Waals surface area contributed by atoms with E-state index < -0.39 is 0 Å². The molecule has 1 aromatic heterocycles. The average Bonchev–Trinajstić information content (AvgIpc) is 2.57. The van der Waals surface area contributed by atoms with Crippen molar-refractivity contribution in [3.63, 3.8) is 0 Å². The van der Waals surface area contributed by atoms with Crippen LogP contribution in [-0.2, 0) is 11.3 Å². The molecule has 0 aliphatic carbocycles. The lowest BCUT2D eigenvalue weighted by Gasteiger charge is -2.26. The van der Waals surface area contributed by atoms with Crippen molar-refractivity contribution in [1.82, 2.24) is 9.88 Å². The van der Waals surface area contributed by atoms with E-state index in [4.69, 9.17) is 4.74 Å². The number of anilines is 1. The van der Waals surface area contributed by atoms with Gasteiger partial charge in [-0.1, -0.05) is 12.1 Å². The van der Waals surface area contributed by atoms with Gasteiger partial charge in [0, 0.05) is 25.3 Å². The molecular weight excluding hydrogens is 293 g/mol. The van der Waals surface area contributed by atoms with Crippen LogP contribution in [0.2, 0.25) is 0 Å². The van der Waals surface area contributed by atoms with Gasteiger partial charge in [-0.05, 0) is 36.8 Å². The highest BCUT2D eigenvalue weighted by molar-refractivity contribution is 5.47. The molecule has 3 rings (SSSR count). The Hall–Kier alpha value is -1.98. The van der Waals surface area contributed by atoms with Gasteiger partial charge in [-0.15, -0.1) is 0 Å². The Balaban J connectivity index is 1.63. The zero-order valence-corrected chi connectivity index (χ0v) is 13.3. The molecule has 1 N–H and O–H groups in total. The fourth-order valence-corrected chi connectivity index (χ4v) is 2.74. The molecule has 0 amide bonds. The third-order valence-electron chi connectivity index (χ3n) is 4.01. The molecule has 5 heteroatoms. The average molecular weight is 315 g/mol. The Labute approximate surface area is 136 Å². The first kappa shape index (κ1) is 15.9. The summed E-state index contributed by atoms with van der Waals surface area (Å²) in [6.07, 6.45) is 1.25. The second-order valence-electron chi connectivity index (χ2n) is 5.86. The number of nitrogens with one attached hydrogen (secondary N) is 1. The van der Waals surface area contributed by atoms with Crippen LogP contribution in [0.4, 0.5) is 10.1 Å². The van der Waals surface area contributed by atoms with E-state index in [2.05, 4.69) is 33.4 Å². The summed E-state index contributed by atoms with van der Waals surface area (Å²) >= 11 is 0. The van der Waals surface area contributed by atoms with Crippen molar-refractivity contribution < 1.29 is 9.13 Å². The number of benzene rings is 1. The number of morpholine rings is 1. The summed E-state index contributed by atoms with van der Waals surface area (Å²) in [7, 11) is 0. The van der Waals surface area contributed by atoms with E-state index in [0.29, 0.717) is 0 Å². The molecule has 1 fully saturated rings. The van der Waals surface area contributed by atoms with E-state index in [-0.39, 0.29) is 11.9 Å². The highest BCUT2D eigenvalue weighted by Crippen LogP contribution is 2.19. The van der Waals surface area contributed by atoms with Crippen LogP contribution in [0, 0.1) is 5.82 Å². The van der Waals surface area contributed by atoms with Crippen molar-refractivity contribution in [2.75, 3.05) is 31.6 Å². The first-order valence-corrected chi connectivity index (χ1v) is 7.98. The van der Waals surface area contributed by atoms with Gasteiger partial charge in [-0.25, -0.2) is 4.39 Å². The smallest absolute Gasteiger partial charge is 0.141 e. The lowest BCUT2D eigenvalue weighted by Crippen LogP contribution is -2.35. The van der Waals surface area contributed by atoms with Gasteiger partial charge in [0.2, 0.25) is 0 Å². The van der Waals surface area contributed by atoms with Crippen molar-refractivity contribution in [2.24, 2.45) is 0 Å². The predicted octanol–water partition coefficient (Wildman–Crippen LogP) is 3.23. The minimum atomic E-state index is -0.312. The van der Waals surface area contributed by atoms with E-state index in [1.165, 1.54) is 17.8 Å². The highest BCUT2D eigenvalue weighted by Gasteiger charge is 2.11. The minimum Gasteiger partial charge on any atom is -0.379 e. The molecule has 2 aromatic rings. The van der Waals surface area contributed by atoms with Crippen molar-refractivity contribution >= 4 is 5.69 Å². The van der Waals surface area contributed by atoms with Crippen LogP contribution >= 0.6 is 0 Å². The fourth-order valence-electron chi connectivity index (χ4n) is 2.74. The van der Waals surface area contributed by atoms with Crippen LogP contribution in [0.1, 0.15) is 24.2 Å². The Morgan fingerprint density at radius 2 is 2.09 bits per heavy atom. The minimum absolute atomic E-state index is 0.0224. The standard InChI is InChI=1S/C18H22FN3O/c1-14(18-6-5-16(19)12-20-18)21-17-4-2-3-15(11-17)13-22-7-9-23-10-8-22/h2-6,11-12,14,21H,7-10,13H2,1H3/t14-/m1/s1. The molecule has 0 radical (unpaired) electrons. The summed E-state index contributed by atoms with van der Waals surface area (Å²) < 4.78 is 18.3. The second kappa shape index (κ2) is 7.53. The van der Waals surface area contributed by atoms with Crippen molar-refractivity contribution in [3.8, 4) is 0 Å². The lowest BCUT2D eigenvalue weighted by molar-refractivity contribution is 0.0342. The third-order valence-corrected chi connectivity index (χ3v) is 4.01. The molecule has 1 saturated heterocycles. The Morgan fingerprint density at radius 3 is 2.83 bits per heavy atom. The normalized spacial score (nSPS) is 17.0. The number of rotatable bonds is 5. The highest BCUT2D eigenvalue weighted by atomic mass is 19.1. The largest absolute Gasteiger partial charge is 0.379 e. The molecular formula is C18H22FN3O. The lowest BCUT2D eigenvalue weighted by atomic mass is 10.1. The Bertz CT molecular complexity index is 626. The van der Waals surface area contributed by atoms with E-state index in [0.717, 1.165) is 44.2 Å². The van der Waals surface area contributed by atoms with Crippen LogP contribution in [0.25, 0.3) is 0 Å². The first-order chi connectivity index (χ1) is 11.2. The van der Waals surface area contributed by atoms with Crippen molar-refractivity contribution in [1.29, 1.82) is 0 Å². The Morgan fingerprint density at radius 1 is 1.26 bits per heavy atom. The summed E-state index contributed by atoms with van der Waals surface area (Å²) in [5.41, 5.74) is 3.15. The number of ether oxygens (including phenoxy) is 1. The monoisotopic (exact) mass is 315 g/mol. The molecule has 122 valence electrons.